The number of aromatic nitrogens is 2. The van der Waals surface area contributed by atoms with Gasteiger partial charge in [0.05, 0.1) is 17.0 Å². The van der Waals surface area contributed by atoms with Gasteiger partial charge in [0, 0.05) is 23.3 Å². The summed E-state index contributed by atoms with van der Waals surface area (Å²) < 4.78 is 0. The summed E-state index contributed by atoms with van der Waals surface area (Å²) in [6.45, 7) is 6.11. The van der Waals surface area contributed by atoms with Gasteiger partial charge in [-0.15, -0.1) is 23.1 Å². The Labute approximate surface area is 146 Å². The summed E-state index contributed by atoms with van der Waals surface area (Å²) in [5, 5.41) is 5.99. The van der Waals surface area contributed by atoms with E-state index in [1.807, 2.05) is 31.4 Å². The lowest BCUT2D eigenvalue weighted by Gasteiger charge is -2.15. The highest BCUT2D eigenvalue weighted by molar-refractivity contribution is 8.00. The molecule has 0 aliphatic heterocycles. The van der Waals surface area contributed by atoms with Gasteiger partial charge in [0.15, 0.2) is 0 Å². The molecule has 0 fully saturated rings. The number of hydrogen-bond acceptors (Lipinski definition) is 5. The van der Waals surface area contributed by atoms with Crippen molar-refractivity contribution in [2.24, 2.45) is 0 Å². The van der Waals surface area contributed by atoms with Crippen molar-refractivity contribution in [3.8, 4) is 11.3 Å². The number of rotatable bonds is 8. The fourth-order valence-electron chi connectivity index (χ4n) is 2.01. The van der Waals surface area contributed by atoms with Crippen LogP contribution in [0.15, 0.2) is 29.9 Å². The van der Waals surface area contributed by atoms with Gasteiger partial charge in [-0.3, -0.25) is 9.78 Å². The third-order valence-corrected chi connectivity index (χ3v) is 5.73. The number of nitrogens with one attached hydrogen (secondary N) is 1. The van der Waals surface area contributed by atoms with Gasteiger partial charge in [0.25, 0.3) is 0 Å². The predicted molar refractivity (Wildman–Crippen MR) is 98.7 cm³/mol. The number of hydrogen-bond donors (Lipinski definition) is 1. The number of amides is 1. The van der Waals surface area contributed by atoms with E-state index in [9.17, 15) is 4.79 Å². The van der Waals surface area contributed by atoms with Crippen LogP contribution in [0.5, 0.6) is 0 Å². The third kappa shape index (κ3) is 5.32. The van der Waals surface area contributed by atoms with Gasteiger partial charge in [-0.1, -0.05) is 13.3 Å². The first-order valence-corrected chi connectivity index (χ1v) is 9.82. The summed E-state index contributed by atoms with van der Waals surface area (Å²) >= 11 is 3.29. The molecule has 2 atom stereocenters. The van der Waals surface area contributed by atoms with Crippen molar-refractivity contribution in [1.29, 1.82) is 0 Å². The fraction of sp³-hybridized carbons (Fsp3) is 0.471. The molecule has 124 valence electrons. The van der Waals surface area contributed by atoms with Gasteiger partial charge in [-0.05, 0) is 38.2 Å². The molecule has 6 heteroatoms. The molecule has 0 aromatic carbocycles. The number of unbranched alkanes of at least 4 members (excludes halogenated alkanes) is 1. The Kier molecular flexibility index (Phi) is 7.05. The van der Waals surface area contributed by atoms with Crippen molar-refractivity contribution in [3.63, 3.8) is 0 Å². The maximum atomic E-state index is 12.2. The first-order chi connectivity index (χ1) is 11.1. The van der Waals surface area contributed by atoms with E-state index in [0.29, 0.717) is 0 Å². The number of thioether (sulfide) groups is 1. The van der Waals surface area contributed by atoms with Crippen molar-refractivity contribution >= 4 is 29.0 Å². The van der Waals surface area contributed by atoms with Crippen molar-refractivity contribution in [2.75, 3.05) is 5.75 Å². The molecule has 0 radical (unpaired) electrons. The molecule has 2 heterocycles. The summed E-state index contributed by atoms with van der Waals surface area (Å²) in [6.07, 6.45) is 5.83. The number of thiazole rings is 1. The summed E-state index contributed by atoms with van der Waals surface area (Å²) in [7, 11) is 0. The standard InChI is InChI=1S/C17H23N3OS2/c1-4-5-10-22-13(3)16(21)19-12(2)17-20-15(11-23-17)14-6-8-18-9-7-14/h6-9,11-13H,4-5,10H2,1-3H3,(H,19,21)/t12-,13-/m0/s1. The predicted octanol–water partition coefficient (Wildman–Crippen LogP) is 4.30. The second-order valence-electron chi connectivity index (χ2n) is 5.40. The number of carbonyl (C=O) groups excluding carboxylic acids is 1. The molecule has 2 aromatic heterocycles. The highest BCUT2D eigenvalue weighted by atomic mass is 32.2. The molecule has 0 bridgehead atoms. The van der Waals surface area contributed by atoms with Crippen LogP contribution in [-0.2, 0) is 4.79 Å². The van der Waals surface area contributed by atoms with E-state index < -0.39 is 0 Å². The molecular weight excluding hydrogens is 326 g/mol. The second-order valence-corrected chi connectivity index (χ2v) is 7.74. The van der Waals surface area contributed by atoms with Crippen molar-refractivity contribution < 1.29 is 4.79 Å². The number of carbonyl (C=O) groups is 1. The van der Waals surface area contributed by atoms with Crippen molar-refractivity contribution in [3.05, 3.63) is 34.9 Å². The van der Waals surface area contributed by atoms with Crippen LogP contribution in [0.3, 0.4) is 0 Å². The zero-order chi connectivity index (χ0) is 16.7. The average molecular weight is 350 g/mol. The monoisotopic (exact) mass is 349 g/mol. The molecule has 0 spiro atoms. The largest absolute Gasteiger partial charge is 0.346 e. The highest BCUT2D eigenvalue weighted by Crippen LogP contribution is 2.25. The van der Waals surface area contributed by atoms with E-state index >= 15 is 0 Å². The lowest BCUT2D eigenvalue weighted by molar-refractivity contribution is -0.120. The SMILES string of the molecule is CCCCS[C@@H](C)C(=O)N[C@@H](C)c1nc(-c2ccncc2)cs1. The van der Waals surface area contributed by atoms with Gasteiger partial charge in [-0.25, -0.2) is 4.98 Å². The van der Waals surface area contributed by atoms with E-state index in [1.165, 1.54) is 0 Å². The molecule has 0 saturated heterocycles. The molecule has 0 saturated carbocycles. The summed E-state index contributed by atoms with van der Waals surface area (Å²) in [5.41, 5.74) is 1.98. The van der Waals surface area contributed by atoms with Crippen LogP contribution >= 0.6 is 23.1 Å². The van der Waals surface area contributed by atoms with Crippen molar-refractivity contribution in [2.45, 2.75) is 44.9 Å². The van der Waals surface area contributed by atoms with E-state index in [2.05, 4.69) is 22.2 Å². The Bertz CT molecular complexity index is 615. The van der Waals surface area contributed by atoms with E-state index in [4.69, 9.17) is 0 Å². The normalized spacial score (nSPS) is 13.5. The first-order valence-electron chi connectivity index (χ1n) is 7.89. The summed E-state index contributed by atoms with van der Waals surface area (Å²) in [5.74, 6) is 1.11. The highest BCUT2D eigenvalue weighted by Gasteiger charge is 2.18. The number of pyridine rings is 1. The van der Waals surface area contributed by atoms with Crippen LogP contribution < -0.4 is 5.32 Å². The Morgan fingerprint density at radius 1 is 1.35 bits per heavy atom. The van der Waals surface area contributed by atoms with Crippen LogP contribution in [0.1, 0.15) is 44.7 Å². The minimum Gasteiger partial charge on any atom is -0.346 e. The molecule has 4 nitrogen and oxygen atoms in total. The third-order valence-electron chi connectivity index (χ3n) is 3.46. The fourth-order valence-corrected chi connectivity index (χ4v) is 3.88. The smallest absolute Gasteiger partial charge is 0.233 e. The molecular formula is C17H23N3OS2. The van der Waals surface area contributed by atoms with Gasteiger partial charge < -0.3 is 5.32 Å². The van der Waals surface area contributed by atoms with Crippen LogP contribution in [0, 0.1) is 0 Å². The van der Waals surface area contributed by atoms with Crippen LogP contribution in [0.2, 0.25) is 0 Å². The zero-order valence-electron chi connectivity index (χ0n) is 13.8. The lowest BCUT2D eigenvalue weighted by Crippen LogP contribution is -2.33. The summed E-state index contributed by atoms with van der Waals surface area (Å²) in [6, 6.07) is 3.81. The Morgan fingerprint density at radius 2 is 2.09 bits per heavy atom. The molecule has 0 aliphatic rings. The molecule has 23 heavy (non-hydrogen) atoms. The van der Waals surface area contributed by atoms with E-state index in [-0.39, 0.29) is 17.2 Å². The quantitative estimate of drug-likeness (QED) is 0.722. The molecule has 1 N–H and O–H groups in total. The number of nitrogens with zero attached hydrogens (tertiary/aromatic N) is 2. The topological polar surface area (TPSA) is 54.9 Å². The van der Waals surface area contributed by atoms with Gasteiger partial charge in [0.1, 0.15) is 5.01 Å². The van der Waals surface area contributed by atoms with Gasteiger partial charge in [0.2, 0.25) is 5.91 Å². The van der Waals surface area contributed by atoms with Crippen LogP contribution in [0.4, 0.5) is 0 Å². The Hall–Kier alpha value is -1.40. The molecule has 0 aliphatic carbocycles. The lowest BCUT2D eigenvalue weighted by atomic mass is 10.2. The average Bonchev–Trinajstić information content (AvgIpc) is 3.06. The molecule has 1 amide bonds. The first kappa shape index (κ1) is 17.9. The Morgan fingerprint density at radius 3 is 2.78 bits per heavy atom. The zero-order valence-corrected chi connectivity index (χ0v) is 15.4. The van der Waals surface area contributed by atoms with E-state index in [0.717, 1.165) is 34.9 Å². The van der Waals surface area contributed by atoms with Crippen molar-refractivity contribution in [1.82, 2.24) is 15.3 Å². The summed E-state index contributed by atoms with van der Waals surface area (Å²) in [4.78, 5) is 20.9. The van der Waals surface area contributed by atoms with E-state index in [1.54, 1.807) is 35.5 Å². The Balaban J connectivity index is 1.92. The maximum absolute atomic E-state index is 12.2. The molecule has 0 unspecified atom stereocenters. The van der Waals surface area contributed by atoms with Gasteiger partial charge in [-0.2, -0.15) is 0 Å². The van der Waals surface area contributed by atoms with Crippen LogP contribution in [-0.4, -0.2) is 26.9 Å². The minimum atomic E-state index is -0.0719. The van der Waals surface area contributed by atoms with Gasteiger partial charge >= 0.3 is 0 Å². The maximum Gasteiger partial charge on any atom is 0.233 e. The molecule has 2 rings (SSSR count). The second kappa shape index (κ2) is 9.03. The molecule has 2 aromatic rings. The minimum absolute atomic E-state index is 0.0244. The van der Waals surface area contributed by atoms with Crippen LogP contribution in [0.25, 0.3) is 11.3 Å².